The molecule has 4 aromatic rings. The number of hydrogen-bond donors (Lipinski definition) is 1. The Balaban J connectivity index is 1.67. The van der Waals surface area contributed by atoms with Gasteiger partial charge in [-0.1, -0.05) is 37.3 Å². The first-order valence-corrected chi connectivity index (χ1v) is 12.0. The average molecular weight is 425 g/mol. The number of anilines is 1. The van der Waals surface area contributed by atoms with E-state index in [2.05, 4.69) is 16.6 Å². The maximum Gasteiger partial charge on any atom is 0.235 e. The zero-order valence-electron chi connectivity index (χ0n) is 15.9. The van der Waals surface area contributed by atoms with Crippen molar-refractivity contribution in [1.82, 2.24) is 14.8 Å². The van der Waals surface area contributed by atoms with Gasteiger partial charge in [0.25, 0.3) is 0 Å². The summed E-state index contributed by atoms with van der Waals surface area (Å²) in [6.07, 6.45) is 2.31. The van der Waals surface area contributed by atoms with E-state index in [1.807, 2.05) is 52.5 Å². The van der Waals surface area contributed by atoms with Gasteiger partial charge in [-0.25, -0.2) is 18.1 Å². The minimum atomic E-state index is -3.32. The molecule has 0 atom stereocenters. The van der Waals surface area contributed by atoms with Gasteiger partial charge in [-0.2, -0.15) is 5.10 Å². The molecule has 0 aliphatic heterocycles. The number of fused-ring (bicyclic) bond motifs is 1. The molecule has 2 aromatic carbocycles. The highest BCUT2D eigenvalue weighted by atomic mass is 32.2. The molecule has 0 unspecified atom stereocenters. The summed E-state index contributed by atoms with van der Waals surface area (Å²) in [7, 11) is -3.32. The fraction of sp³-hybridized carbons (Fsp3) is 0.238. The Morgan fingerprint density at radius 2 is 1.97 bits per heavy atom. The van der Waals surface area contributed by atoms with Gasteiger partial charge in [0.1, 0.15) is 5.69 Å². The molecule has 0 radical (unpaired) electrons. The maximum atomic E-state index is 12.4. The molecule has 2 aromatic heterocycles. The highest BCUT2D eigenvalue weighted by molar-refractivity contribution is 7.93. The fourth-order valence-corrected chi connectivity index (χ4v) is 5.56. The van der Waals surface area contributed by atoms with Crippen molar-refractivity contribution in [3.05, 3.63) is 59.6 Å². The van der Waals surface area contributed by atoms with Crippen LogP contribution < -0.4 is 4.72 Å². The van der Waals surface area contributed by atoms with E-state index in [4.69, 9.17) is 5.10 Å². The number of thiazole rings is 1. The van der Waals surface area contributed by atoms with Crippen LogP contribution in [0.15, 0.2) is 53.9 Å². The Hall–Kier alpha value is -2.71. The SMILES string of the molecule is CCc1csc(-n2nc(-c3ccccc3)c3ccc(NS(=O)(=O)C4CC4)cc32)n1. The minimum Gasteiger partial charge on any atom is -0.283 e. The van der Waals surface area contributed by atoms with Crippen LogP contribution in [0.25, 0.3) is 27.3 Å². The Morgan fingerprint density at radius 3 is 2.66 bits per heavy atom. The first-order valence-electron chi connectivity index (χ1n) is 9.60. The van der Waals surface area contributed by atoms with E-state index >= 15 is 0 Å². The van der Waals surface area contributed by atoms with Crippen LogP contribution in [-0.2, 0) is 16.4 Å². The number of nitrogens with zero attached hydrogens (tertiary/aromatic N) is 3. The second-order valence-corrected chi connectivity index (χ2v) is 9.98. The number of rotatable bonds is 6. The van der Waals surface area contributed by atoms with Gasteiger partial charge in [-0.05, 0) is 37.5 Å². The molecular formula is C21H20N4O2S2. The van der Waals surface area contributed by atoms with Crippen molar-refractivity contribution in [3.63, 3.8) is 0 Å². The van der Waals surface area contributed by atoms with Crippen molar-refractivity contribution >= 4 is 38.0 Å². The van der Waals surface area contributed by atoms with Gasteiger partial charge in [0.2, 0.25) is 15.2 Å². The molecule has 8 heteroatoms. The molecule has 0 bridgehead atoms. The van der Waals surface area contributed by atoms with Crippen LogP contribution in [0.4, 0.5) is 5.69 Å². The summed E-state index contributed by atoms with van der Waals surface area (Å²) >= 11 is 1.54. The fourth-order valence-electron chi connectivity index (χ4n) is 3.32. The lowest BCUT2D eigenvalue weighted by Crippen LogP contribution is -2.17. The molecule has 0 amide bonds. The first kappa shape index (κ1) is 18.3. The summed E-state index contributed by atoms with van der Waals surface area (Å²) in [5, 5.41) is 8.34. The molecule has 5 rings (SSSR count). The van der Waals surface area contributed by atoms with E-state index in [1.54, 1.807) is 6.07 Å². The Bertz CT molecular complexity index is 1290. The summed E-state index contributed by atoms with van der Waals surface area (Å²) in [6, 6.07) is 15.6. The smallest absolute Gasteiger partial charge is 0.235 e. The van der Waals surface area contributed by atoms with Crippen molar-refractivity contribution in [2.75, 3.05) is 4.72 Å². The normalized spacial score (nSPS) is 14.4. The zero-order valence-corrected chi connectivity index (χ0v) is 17.5. The van der Waals surface area contributed by atoms with Crippen molar-refractivity contribution in [2.45, 2.75) is 31.4 Å². The molecule has 1 fully saturated rings. The van der Waals surface area contributed by atoms with E-state index in [1.165, 1.54) is 11.3 Å². The second kappa shape index (κ2) is 6.96. The van der Waals surface area contributed by atoms with Gasteiger partial charge in [-0.3, -0.25) is 4.72 Å². The standard InChI is InChI=1S/C21H20N4O2S2/c1-2-15-13-28-21(22-15)25-19-12-16(24-29(26,27)17-9-10-17)8-11-18(19)20(23-25)14-6-4-3-5-7-14/h3-8,11-13,17,24H,2,9-10H2,1H3. The monoisotopic (exact) mass is 424 g/mol. The van der Waals surface area contributed by atoms with Crippen LogP contribution >= 0.6 is 11.3 Å². The van der Waals surface area contributed by atoms with Crippen molar-refractivity contribution in [1.29, 1.82) is 0 Å². The Kier molecular flexibility index (Phi) is 4.40. The molecule has 6 nitrogen and oxygen atoms in total. The van der Waals surface area contributed by atoms with Gasteiger partial charge < -0.3 is 0 Å². The summed E-state index contributed by atoms with van der Waals surface area (Å²) in [5.41, 5.74) is 4.26. The average Bonchev–Trinajstić information content (AvgIpc) is 3.39. The molecule has 1 aliphatic carbocycles. The van der Waals surface area contributed by atoms with Crippen molar-refractivity contribution in [2.24, 2.45) is 0 Å². The molecule has 0 spiro atoms. The molecule has 148 valence electrons. The quantitative estimate of drug-likeness (QED) is 0.490. The molecular weight excluding hydrogens is 404 g/mol. The van der Waals surface area contributed by atoms with Crippen LogP contribution in [0.1, 0.15) is 25.5 Å². The lowest BCUT2D eigenvalue weighted by Gasteiger charge is -2.07. The topological polar surface area (TPSA) is 76.9 Å². The predicted molar refractivity (Wildman–Crippen MR) is 117 cm³/mol. The molecule has 1 N–H and O–H groups in total. The summed E-state index contributed by atoms with van der Waals surface area (Å²) in [4.78, 5) is 4.68. The molecule has 29 heavy (non-hydrogen) atoms. The third-order valence-corrected chi connectivity index (χ3v) is 7.77. The predicted octanol–water partition coefficient (Wildman–Crippen LogP) is 4.62. The first-order chi connectivity index (χ1) is 14.0. The number of hydrogen-bond acceptors (Lipinski definition) is 5. The van der Waals surface area contributed by atoms with Gasteiger partial charge in [0.15, 0.2) is 0 Å². The van der Waals surface area contributed by atoms with Gasteiger partial charge >= 0.3 is 0 Å². The van der Waals surface area contributed by atoms with Gasteiger partial charge in [0.05, 0.1) is 22.1 Å². The third kappa shape index (κ3) is 3.42. The summed E-state index contributed by atoms with van der Waals surface area (Å²) < 4.78 is 29.3. The number of nitrogens with one attached hydrogen (secondary N) is 1. The molecule has 1 aliphatic rings. The van der Waals surface area contributed by atoms with Gasteiger partial charge in [-0.15, -0.1) is 11.3 Å². The molecule has 0 saturated heterocycles. The Morgan fingerprint density at radius 1 is 1.17 bits per heavy atom. The molecule has 2 heterocycles. The van der Waals surface area contributed by atoms with Crippen molar-refractivity contribution in [3.8, 4) is 16.4 Å². The highest BCUT2D eigenvalue weighted by Gasteiger charge is 2.35. The van der Waals surface area contributed by atoms with Crippen LogP contribution in [0.5, 0.6) is 0 Å². The Labute approximate surface area is 173 Å². The summed E-state index contributed by atoms with van der Waals surface area (Å²) in [6.45, 7) is 2.07. The number of aryl methyl sites for hydroxylation is 1. The van der Waals surface area contributed by atoms with Crippen molar-refractivity contribution < 1.29 is 8.42 Å². The van der Waals surface area contributed by atoms with E-state index in [9.17, 15) is 8.42 Å². The van der Waals surface area contributed by atoms with Crippen LogP contribution in [-0.4, -0.2) is 28.4 Å². The summed E-state index contributed by atoms with van der Waals surface area (Å²) in [5.74, 6) is 0. The van der Waals surface area contributed by atoms with E-state index in [0.29, 0.717) is 5.69 Å². The van der Waals surface area contributed by atoms with E-state index < -0.39 is 10.0 Å². The van der Waals surface area contributed by atoms with Crippen LogP contribution in [0.3, 0.4) is 0 Å². The van der Waals surface area contributed by atoms with Crippen LogP contribution in [0, 0.1) is 0 Å². The number of aromatic nitrogens is 3. The minimum absolute atomic E-state index is 0.269. The molecule has 1 saturated carbocycles. The van der Waals surface area contributed by atoms with Crippen LogP contribution in [0.2, 0.25) is 0 Å². The number of sulfonamides is 1. The number of benzene rings is 2. The third-order valence-electron chi connectivity index (χ3n) is 5.03. The maximum absolute atomic E-state index is 12.4. The zero-order chi connectivity index (χ0) is 20.0. The van der Waals surface area contributed by atoms with E-state index in [-0.39, 0.29) is 5.25 Å². The highest BCUT2D eigenvalue weighted by Crippen LogP contribution is 2.34. The lowest BCUT2D eigenvalue weighted by atomic mass is 10.1. The van der Waals surface area contributed by atoms with E-state index in [0.717, 1.165) is 52.2 Å². The largest absolute Gasteiger partial charge is 0.283 e. The van der Waals surface area contributed by atoms with Gasteiger partial charge in [0, 0.05) is 16.3 Å². The second-order valence-electron chi connectivity index (χ2n) is 7.18. The lowest BCUT2D eigenvalue weighted by molar-refractivity contribution is 0.600.